The van der Waals surface area contributed by atoms with Crippen LogP contribution in [0, 0.1) is 6.92 Å². The van der Waals surface area contributed by atoms with Crippen molar-refractivity contribution in [2.75, 3.05) is 13.7 Å². The number of ether oxygens (including phenoxy) is 1. The number of thiophene rings is 1. The summed E-state index contributed by atoms with van der Waals surface area (Å²) in [5, 5.41) is 0.343. The minimum absolute atomic E-state index is 0.0481. The summed E-state index contributed by atoms with van der Waals surface area (Å²) in [5.74, 6) is -1.26. The van der Waals surface area contributed by atoms with Gasteiger partial charge in [0.05, 0.1) is 30.0 Å². The summed E-state index contributed by atoms with van der Waals surface area (Å²) in [6.07, 6.45) is 1.36. The van der Waals surface area contributed by atoms with Crippen LogP contribution >= 0.6 is 11.3 Å². The highest BCUT2D eigenvalue weighted by Gasteiger charge is 2.34. The molecule has 28 heavy (non-hydrogen) atoms. The molecule has 1 aliphatic rings. The molecular weight excluding hydrogens is 382 g/mol. The first-order valence-electron chi connectivity index (χ1n) is 8.46. The van der Waals surface area contributed by atoms with Gasteiger partial charge in [-0.25, -0.2) is 9.78 Å². The quantitative estimate of drug-likeness (QED) is 0.492. The molecule has 9 heteroatoms. The number of carbonyl (C=O) groups excluding carboxylic acids is 3. The van der Waals surface area contributed by atoms with Crippen LogP contribution in [0.1, 0.15) is 36.0 Å². The number of imide groups is 1. The fourth-order valence-electron chi connectivity index (χ4n) is 3.26. The number of carbonyl (C=O) groups is 3. The first-order valence-corrected chi connectivity index (χ1v) is 9.27. The smallest absolute Gasteiger partial charge is 0.348 e. The first kappa shape index (κ1) is 18.1. The molecule has 142 valence electrons. The zero-order chi connectivity index (χ0) is 20.0. The molecule has 0 unspecified atom stereocenters. The van der Waals surface area contributed by atoms with E-state index in [0.29, 0.717) is 31.8 Å². The van der Waals surface area contributed by atoms with E-state index in [1.807, 2.05) is 0 Å². The summed E-state index contributed by atoms with van der Waals surface area (Å²) in [6.45, 7) is 1.82. The van der Waals surface area contributed by atoms with Gasteiger partial charge in [0.25, 0.3) is 17.4 Å². The second-order valence-corrected chi connectivity index (χ2v) is 7.28. The van der Waals surface area contributed by atoms with E-state index in [1.54, 1.807) is 31.2 Å². The number of hydrogen-bond donors (Lipinski definition) is 0. The minimum atomic E-state index is -0.516. The summed E-state index contributed by atoms with van der Waals surface area (Å²) in [5.41, 5.74) is 0.916. The van der Waals surface area contributed by atoms with Crippen molar-refractivity contribution in [2.45, 2.75) is 13.5 Å². The van der Waals surface area contributed by atoms with Crippen LogP contribution < -0.4 is 5.56 Å². The fraction of sp³-hybridized carbons (Fsp3) is 0.211. The highest BCUT2D eigenvalue weighted by atomic mass is 32.1. The van der Waals surface area contributed by atoms with Gasteiger partial charge in [-0.1, -0.05) is 12.1 Å². The van der Waals surface area contributed by atoms with Gasteiger partial charge in [-0.05, 0) is 24.6 Å². The number of hydrogen-bond acceptors (Lipinski definition) is 7. The molecule has 1 aromatic carbocycles. The van der Waals surface area contributed by atoms with E-state index < -0.39 is 5.97 Å². The van der Waals surface area contributed by atoms with Crippen LogP contribution in [-0.4, -0.2) is 45.9 Å². The number of amides is 2. The Morgan fingerprint density at radius 2 is 1.75 bits per heavy atom. The van der Waals surface area contributed by atoms with Crippen molar-refractivity contribution >= 4 is 39.3 Å². The normalized spacial score (nSPS) is 13.3. The minimum Gasteiger partial charge on any atom is -0.465 e. The van der Waals surface area contributed by atoms with E-state index >= 15 is 0 Å². The molecule has 3 heterocycles. The number of rotatable bonds is 4. The highest BCUT2D eigenvalue weighted by molar-refractivity contribution is 7.20. The Morgan fingerprint density at radius 1 is 1.11 bits per heavy atom. The van der Waals surface area contributed by atoms with Gasteiger partial charge in [-0.3, -0.25) is 23.9 Å². The van der Waals surface area contributed by atoms with Gasteiger partial charge in [0.15, 0.2) is 0 Å². The number of benzene rings is 1. The van der Waals surface area contributed by atoms with Crippen molar-refractivity contribution in [1.29, 1.82) is 0 Å². The van der Waals surface area contributed by atoms with E-state index in [-0.39, 0.29) is 30.5 Å². The van der Waals surface area contributed by atoms with E-state index in [1.165, 1.54) is 18.0 Å². The summed E-state index contributed by atoms with van der Waals surface area (Å²) in [7, 11) is 1.28. The van der Waals surface area contributed by atoms with E-state index in [0.717, 1.165) is 16.2 Å². The molecule has 0 atom stereocenters. The van der Waals surface area contributed by atoms with Crippen molar-refractivity contribution in [3.05, 3.63) is 62.5 Å². The number of nitrogens with zero attached hydrogens (tertiary/aromatic N) is 3. The average molecular weight is 397 g/mol. The van der Waals surface area contributed by atoms with Gasteiger partial charge in [-0.15, -0.1) is 11.3 Å². The Balaban J connectivity index is 1.63. The number of fused-ring (bicyclic) bond motifs is 2. The zero-order valence-corrected chi connectivity index (χ0v) is 15.9. The summed E-state index contributed by atoms with van der Waals surface area (Å²) in [6, 6.07) is 6.62. The summed E-state index contributed by atoms with van der Waals surface area (Å²) >= 11 is 1.10. The summed E-state index contributed by atoms with van der Waals surface area (Å²) < 4.78 is 6.08. The largest absolute Gasteiger partial charge is 0.465 e. The van der Waals surface area contributed by atoms with Crippen molar-refractivity contribution in [1.82, 2.24) is 14.5 Å². The van der Waals surface area contributed by atoms with Crippen LogP contribution in [0.4, 0.5) is 0 Å². The standard InChI is InChI=1S/C19H15N3O5S/c1-10-13-15(28-14(10)19(26)27-2)20-9-21(18(13)25)7-8-22-16(23)11-5-3-4-6-12(11)17(22)24/h3-6,9H,7-8H2,1-2H3. The second-order valence-electron chi connectivity index (χ2n) is 6.28. The third-order valence-electron chi connectivity index (χ3n) is 4.73. The molecule has 0 aliphatic carbocycles. The van der Waals surface area contributed by atoms with Crippen LogP contribution in [-0.2, 0) is 11.3 Å². The van der Waals surface area contributed by atoms with Gasteiger partial charge in [0.1, 0.15) is 9.71 Å². The second kappa shape index (κ2) is 6.68. The van der Waals surface area contributed by atoms with Gasteiger partial charge >= 0.3 is 5.97 Å². The Morgan fingerprint density at radius 3 is 2.36 bits per heavy atom. The van der Waals surface area contributed by atoms with E-state index in [2.05, 4.69) is 4.98 Å². The molecule has 0 saturated heterocycles. The van der Waals surface area contributed by atoms with E-state index in [9.17, 15) is 19.2 Å². The van der Waals surface area contributed by atoms with Crippen molar-refractivity contribution < 1.29 is 19.1 Å². The Kier molecular flexibility index (Phi) is 4.31. The summed E-state index contributed by atoms with van der Waals surface area (Å²) in [4.78, 5) is 55.7. The first-order chi connectivity index (χ1) is 13.4. The SMILES string of the molecule is COC(=O)c1sc2ncn(CCN3C(=O)c4ccccc4C3=O)c(=O)c2c1C. The maximum absolute atomic E-state index is 12.8. The van der Waals surface area contributed by atoms with Crippen LogP contribution in [0.15, 0.2) is 35.4 Å². The Labute approximate surface area is 163 Å². The molecule has 0 fully saturated rings. The zero-order valence-electron chi connectivity index (χ0n) is 15.1. The average Bonchev–Trinajstić information content (AvgIpc) is 3.17. The Hall–Kier alpha value is -3.33. The van der Waals surface area contributed by atoms with Crippen LogP contribution in [0.5, 0.6) is 0 Å². The van der Waals surface area contributed by atoms with Crippen LogP contribution in [0.3, 0.4) is 0 Å². The number of methoxy groups -OCH3 is 1. The van der Waals surface area contributed by atoms with Gasteiger partial charge in [0, 0.05) is 13.1 Å². The lowest BCUT2D eigenvalue weighted by Gasteiger charge is -2.14. The maximum atomic E-state index is 12.8. The molecule has 2 aromatic heterocycles. The van der Waals surface area contributed by atoms with Crippen molar-refractivity contribution in [3.8, 4) is 0 Å². The van der Waals surface area contributed by atoms with E-state index in [4.69, 9.17) is 4.74 Å². The maximum Gasteiger partial charge on any atom is 0.348 e. The van der Waals surface area contributed by atoms with Crippen LogP contribution in [0.2, 0.25) is 0 Å². The number of esters is 1. The molecule has 0 saturated carbocycles. The molecule has 0 N–H and O–H groups in total. The highest BCUT2D eigenvalue weighted by Crippen LogP contribution is 2.27. The van der Waals surface area contributed by atoms with Gasteiger partial charge in [-0.2, -0.15) is 0 Å². The molecule has 3 aromatic rings. The number of aryl methyl sites for hydroxylation is 1. The van der Waals surface area contributed by atoms with Crippen molar-refractivity contribution in [3.63, 3.8) is 0 Å². The molecule has 8 nitrogen and oxygen atoms in total. The third-order valence-corrected chi connectivity index (χ3v) is 5.91. The Bertz CT molecular complexity index is 1170. The molecule has 0 radical (unpaired) electrons. The molecule has 0 spiro atoms. The third kappa shape index (κ3) is 2.63. The lowest BCUT2D eigenvalue weighted by Crippen LogP contribution is -2.35. The molecule has 4 rings (SSSR count). The van der Waals surface area contributed by atoms with Gasteiger partial charge in [0.2, 0.25) is 0 Å². The predicted octanol–water partition coefficient (Wildman–Crippen LogP) is 1.85. The topological polar surface area (TPSA) is 98.6 Å². The predicted molar refractivity (Wildman–Crippen MR) is 102 cm³/mol. The van der Waals surface area contributed by atoms with Crippen LogP contribution in [0.25, 0.3) is 10.2 Å². The van der Waals surface area contributed by atoms with Crippen molar-refractivity contribution in [2.24, 2.45) is 0 Å². The lowest BCUT2D eigenvalue weighted by molar-refractivity contribution is 0.0602. The van der Waals surface area contributed by atoms with Gasteiger partial charge < -0.3 is 4.74 Å². The fourth-order valence-corrected chi connectivity index (χ4v) is 4.31. The molecule has 1 aliphatic heterocycles. The lowest BCUT2D eigenvalue weighted by atomic mass is 10.1. The molecular formula is C19H15N3O5S. The molecule has 0 bridgehead atoms. The molecule has 2 amide bonds. The monoisotopic (exact) mass is 397 g/mol. The number of aromatic nitrogens is 2.